The van der Waals surface area contributed by atoms with Crippen LogP contribution in [0.4, 0.5) is 0 Å². The van der Waals surface area contributed by atoms with E-state index in [4.69, 9.17) is 0 Å². The van der Waals surface area contributed by atoms with E-state index in [-0.39, 0.29) is 17.1 Å². The molecule has 1 heteroatoms. The molecule has 0 atom stereocenters. The van der Waals surface area contributed by atoms with Crippen LogP contribution < -0.4 is 0 Å². The first-order valence-electron chi connectivity index (χ1n) is 2.23. The van der Waals surface area contributed by atoms with Crippen LogP contribution >= 0.6 is 0 Å². The van der Waals surface area contributed by atoms with E-state index in [2.05, 4.69) is 25.2 Å². The zero-order valence-electron chi connectivity index (χ0n) is 4.32. The second-order valence-corrected chi connectivity index (χ2v) is 1.59. The molecule has 0 heterocycles. The van der Waals surface area contributed by atoms with Gasteiger partial charge in [0, 0.05) is 17.1 Å². The van der Waals surface area contributed by atoms with Gasteiger partial charge in [0.15, 0.2) is 0 Å². The fourth-order valence-electron chi connectivity index (χ4n) is 0.576. The van der Waals surface area contributed by atoms with Gasteiger partial charge in [-0.05, 0) is 13.3 Å². The van der Waals surface area contributed by atoms with Gasteiger partial charge in [0.25, 0.3) is 0 Å². The zero-order chi connectivity index (χ0) is 4.41. The van der Waals surface area contributed by atoms with Gasteiger partial charge in [0.1, 0.15) is 0 Å². The van der Waals surface area contributed by atoms with Crippen molar-refractivity contribution in [2.45, 2.75) is 13.3 Å². The Morgan fingerprint density at radius 2 is 2.29 bits per heavy atom. The molecule has 0 N–H and O–H groups in total. The van der Waals surface area contributed by atoms with Crippen molar-refractivity contribution in [2.24, 2.45) is 0 Å². The Morgan fingerprint density at radius 3 is 2.43 bits per heavy atom. The van der Waals surface area contributed by atoms with Crippen LogP contribution in [0.15, 0.2) is 23.8 Å². The van der Waals surface area contributed by atoms with Crippen molar-refractivity contribution in [3.63, 3.8) is 0 Å². The summed E-state index contributed by atoms with van der Waals surface area (Å²) in [6.45, 7) is 2.11. The van der Waals surface area contributed by atoms with Gasteiger partial charge in [-0.15, -0.1) is 0 Å². The van der Waals surface area contributed by atoms with E-state index < -0.39 is 0 Å². The number of hydrogen-bond acceptors (Lipinski definition) is 0. The number of hydrogen-bond donors (Lipinski definition) is 0. The summed E-state index contributed by atoms with van der Waals surface area (Å²) < 4.78 is 0. The molecule has 0 spiro atoms. The average Bonchev–Trinajstić information content (AvgIpc) is 1.86. The molecule has 0 bridgehead atoms. The molecule has 1 aliphatic rings. The smallest absolute Gasteiger partial charge is 0 e. The van der Waals surface area contributed by atoms with Crippen LogP contribution in [0.3, 0.4) is 0 Å². The second-order valence-electron chi connectivity index (χ2n) is 1.59. The van der Waals surface area contributed by atoms with E-state index in [0.29, 0.717) is 0 Å². The Kier molecular flexibility index (Phi) is 3.06. The van der Waals surface area contributed by atoms with Crippen molar-refractivity contribution in [1.82, 2.24) is 0 Å². The van der Waals surface area contributed by atoms with E-state index in [1.54, 1.807) is 0 Å². The fourth-order valence-corrected chi connectivity index (χ4v) is 0.576. The summed E-state index contributed by atoms with van der Waals surface area (Å²) in [5, 5.41) is 0. The summed E-state index contributed by atoms with van der Waals surface area (Å²) in [7, 11) is 0. The molecule has 0 unspecified atom stereocenters. The quantitative estimate of drug-likeness (QED) is 0.445. The van der Waals surface area contributed by atoms with Gasteiger partial charge in [-0.2, -0.15) is 0 Å². The van der Waals surface area contributed by atoms with Crippen LogP contribution in [0, 0.1) is 0 Å². The molecular formula is C6H8Mn. The first-order valence-corrected chi connectivity index (χ1v) is 2.23. The van der Waals surface area contributed by atoms with E-state index in [1.807, 2.05) is 0 Å². The van der Waals surface area contributed by atoms with E-state index in [9.17, 15) is 0 Å². The average molecular weight is 135 g/mol. The first-order chi connectivity index (χ1) is 2.89. The summed E-state index contributed by atoms with van der Waals surface area (Å²) >= 11 is 0. The van der Waals surface area contributed by atoms with Crippen molar-refractivity contribution >= 4 is 0 Å². The maximum Gasteiger partial charge on any atom is 0 e. The molecule has 0 amide bonds. The number of rotatable bonds is 0. The molecule has 0 saturated heterocycles. The van der Waals surface area contributed by atoms with Crippen LogP contribution in [0.5, 0.6) is 0 Å². The molecule has 1 rings (SSSR count). The van der Waals surface area contributed by atoms with Gasteiger partial charge in [-0.3, -0.25) is 0 Å². The Balaban J connectivity index is 0.000000360. The van der Waals surface area contributed by atoms with Crippen molar-refractivity contribution in [1.29, 1.82) is 0 Å². The minimum atomic E-state index is 0. The van der Waals surface area contributed by atoms with Crippen LogP contribution in [0.1, 0.15) is 13.3 Å². The van der Waals surface area contributed by atoms with Crippen LogP contribution in [0.25, 0.3) is 0 Å². The van der Waals surface area contributed by atoms with Gasteiger partial charge < -0.3 is 0 Å². The largest absolute Gasteiger partial charge is 0.0805 e. The Bertz CT molecular complexity index is 98.0. The summed E-state index contributed by atoms with van der Waals surface area (Å²) in [5.41, 5.74) is 1.40. The molecule has 1 radical (unpaired) electrons. The van der Waals surface area contributed by atoms with Gasteiger partial charge in [0.2, 0.25) is 0 Å². The minimum Gasteiger partial charge on any atom is -0.0805 e. The summed E-state index contributed by atoms with van der Waals surface area (Å²) in [4.78, 5) is 0. The van der Waals surface area contributed by atoms with Crippen molar-refractivity contribution < 1.29 is 17.1 Å². The molecule has 7 heavy (non-hydrogen) atoms. The second kappa shape index (κ2) is 3.06. The SMILES string of the molecule is CC1=CCC=C1.[Mn]. The third-order valence-electron chi connectivity index (χ3n) is 0.957. The maximum absolute atomic E-state index is 2.21. The van der Waals surface area contributed by atoms with Gasteiger partial charge in [-0.25, -0.2) is 0 Å². The van der Waals surface area contributed by atoms with Gasteiger partial charge in [0.05, 0.1) is 0 Å². The number of allylic oxidation sites excluding steroid dienone is 4. The molecule has 0 aromatic carbocycles. The minimum absolute atomic E-state index is 0. The summed E-state index contributed by atoms with van der Waals surface area (Å²) in [6.07, 6.45) is 7.65. The molecule has 0 aliphatic heterocycles. The first kappa shape index (κ1) is 7.00. The maximum atomic E-state index is 2.21. The predicted molar refractivity (Wildman–Crippen MR) is 27.5 cm³/mol. The van der Waals surface area contributed by atoms with Crippen molar-refractivity contribution in [3.8, 4) is 0 Å². The molecule has 0 fully saturated rings. The fraction of sp³-hybridized carbons (Fsp3) is 0.333. The van der Waals surface area contributed by atoms with E-state index in [0.717, 1.165) is 6.42 Å². The van der Waals surface area contributed by atoms with E-state index in [1.165, 1.54) is 5.57 Å². The van der Waals surface area contributed by atoms with Gasteiger partial charge in [-0.1, -0.05) is 23.8 Å². The van der Waals surface area contributed by atoms with Crippen molar-refractivity contribution in [2.75, 3.05) is 0 Å². The molecule has 0 saturated carbocycles. The normalized spacial score (nSPS) is 15.9. The van der Waals surface area contributed by atoms with Crippen molar-refractivity contribution in [3.05, 3.63) is 23.8 Å². The zero-order valence-corrected chi connectivity index (χ0v) is 5.50. The van der Waals surface area contributed by atoms with Crippen LogP contribution in [-0.4, -0.2) is 0 Å². The predicted octanol–water partition coefficient (Wildman–Crippen LogP) is 1.89. The molecule has 1 aliphatic carbocycles. The topological polar surface area (TPSA) is 0 Å². The molecular weight excluding hydrogens is 127 g/mol. The van der Waals surface area contributed by atoms with Gasteiger partial charge >= 0.3 is 0 Å². The Morgan fingerprint density at radius 1 is 1.57 bits per heavy atom. The van der Waals surface area contributed by atoms with E-state index >= 15 is 0 Å². The van der Waals surface area contributed by atoms with Crippen LogP contribution in [0.2, 0.25) is 0 Å². The molecule has 39 valence electrons. The third kappa shape index (κ3) is 1.96. The Hall–Kier alpha value is -0.000519. The Labute approximate surface area is 54.8 Å². The standard InChI is InChI=1S/C6H8.Mn/c1-6-4-2-3-5-6;/h2,4-5H,3H2,1H3;. The molecule has 0 aromatic heterocycles. The monoisotopic (exact) mass is 135 g/mol. The molecule has 0 aromatic rings. The van der Waals surface area contributed by atoms with Crippen LogP contribution in [-0.2, 0) is 17.1 Å². The summed E-state index contributed by atoms with van der Waals surface area (Å²) in [5.74, 6) is 0. The molecule has 0 nitrogen and oxygen atoms in total. The summed E-state index contributed by atoms with van der Waals surface area (Å²) in [6, 6.07) is 0. The third-order valence-corrected chi connectivity index (χ3v) is 0.957.